The van der Waals surface area contributed by atoms with Crippen LogP contribution in [0.3, 0.4) is 0 Å². The van der Waals surface area contributed by atoms with Crippen LogP contribution in [0.5, 0.6) is 0 Å². The van der Waals surface area contributed by atoms with Gasteiger partial charge in [-0.3, -0.25) is 10.3 Å². The van der Waals surface area contributed by atoms with Crippen LogP contribution in [0.15, 0.2) is 29.2 Å². The monoisotopic (exact) mass is 423 g/mol. The van der Waals surface area contributed by atoms with E-state index in [0.717, 1.165) is 51.4 Å². The van der Waals surface area contributed by atoms with Gasteiger partial charge in [0.25, 0.3) is 0 Å². The lowest BCUT2D eigenvalue weighted by Crippen LogP contribution is -2.48. The first kappa shape index (κ1) is 23.0. The second-order valence-corrected chi connectivity index (χ2v) is 7.67. The number of thiocarbonyl (C=S) groups is 1. The summed E-state index contributed by atoms with van der Waals surface area (Å²) < 4.78 is 27.7. The Morgan fingerprint density at radius 2 is 1.85 bits per heavy atom. The minimum Gasteiger partial charge on any atom is -0.379 e. The summed E-state index contributed by atoms with van der Waals surface area (Å²) in [4.78, 5) is 2.45. The van der Waals surface area contributed by atoms with Crippen molar-refractivity contribution in [1.29, 1.82) is 0 Å². The Hall–Kier alpha value is -1.01. The first-order chi connectivity index (χ1) is 11.9. The van der Waals surface area contributed by atoms with Crippen LogP contribution in [0, 0.1) is 0 Å². The van der Waals surface area contributed by atoms with E-state index in [1.807, 2.05) is 0 Å². The molecule has 0 amide bonds. The molecule has 11 heteroatoms. The van der Waals surface area contributed by atoms with Crippen LogP contribution in [-0.2, 0) is 21.2 Å². The van der Waals surface area contributed by atoms with Gasteiger partial charge in [0, 0.05) is 32.7 Å². The molecule has 1 aromatic rings. The van der Waals surface area contributed by atoms with Crippen LogP contribution < -0.4 is 21.3 Å². The molecular weight excluding hydrogens is 398 g/mol. The largest absolute Gasteiger partial charge is 0.379 e. The fourth-order valence-electron chi connectivity index (χ4n) is 2.39. The summed E-state index contributed by atoms with van der Waals surface area (Å²) in [5, 5.41) is 8.70. The van der Waals surface area contributed by atoms with Gasteiger partial charge in [0.1, 0.15) is 0 Å². The average Bonchev–Trinajstić information content (AvgIpc) is 2.59. The quantitative estimate of drug-likeness (QED) is 0.254. The molecule has 0 unspecified atom stereocenters. The maximum atomic E-state index is 11.2. The third-order valence-electron chi connectivity index (χ3n) is 3.81. The fourth-order valence-corrected chi connectivity index (χ4v) is 3.08. The normalized spacial score (nSPS) is 15.1. The van der Waals surface area contributed by atoms with E-state index in [2.05, 4.69) is 21.1 Å². The van der Waals surface area contributed by atoms with Crippen molar-refractivity contribution in [3.63, 3.8) is 0 Å². The molecule has 1 aliphatic rings. The molecule has 148 valence electrons. The van der Waals surface area contributed by atoms with Crippen molar-refractivity contribution >= 4 is 39.8 Å². The zero-order valence-electron chi connectivity index (χ0n) is 14.4. The molecule has 26 heavy (non-hydrogen) atoms. The number of hydrogen-bond acceptors (Lipinski definition) is 6. The number of nitrogens with zero attached hydrogens (tertiary/aromatic N) is 1. The van der Waals surface area contributed by atoms with Crippen molar-refractivity contribution in [1.82, 2.24) is 21.1 Å². The number of benzene rings is 1. The molecule has 8 nitrogen and oxygen atoms in total. The zero-order chi connectivity index (χ0) is 18.1. The summed E-state index contributed by atoms with van der Waals surface area (Å²) in [5.41, 5.74) is 7.05. The second kappa shape index (κ2) is 11.7. The number of nitrogens with one attached hydrogen (secondary N) is 3. The van der Waals surface area contributed by atoms with Gasteiger partial charge < -0.3 is 10.1 Å². The molecule has 0 aliphatic carbocycles. The molecule has 1 heterocycles. The highest BCUT2D eigenvalue weighted by molar-refractivity contribution is 7.89. The van der Waals surface area contributed by atoms with Crippen molar-refractivity contribution in [2.75, 3.05) is 45.9 Å². The second-order valence-electron chi connectivity index (χ2n) is 5.70. The Labute approximate surface area is 166 Å². The zero-order valence-corrected chi connectivity index (χ0v) is 16.9. The van der Waals surface area contributed by atoms with Crippen molar-refractivity contribution in [3.05, 3.63) is 29.8 Å². The molecule has 0 radical (unpaired) electrons. The van der Waals surface area contributed by atoms with Crippen molar-refractivity contribution in [2.24, 2.45) is 5.14 Å². The van der Waals surface area contributed by atoms with Crippen LogP contribution in [0.25, 0.3) is 0 Å². The molecule has 0 aromatic heterocycles. The van der Waals surface area contributed by atoms with Gasteiger partial charge in [-0.1, -0.05) is 12.1 Å². The molecule has 2 rings (SSSR count). The number of ether oxygens (including phenoxy) is 1. The van der Waals surface area contributed by atoms with Crippen molar-refractivity contribution < 1.29 is 13.2 Å². The Balaban J connectivity index is 0.00000338. The highest BCUT2D eigenvalue weighted by Gasteiger charge is 2.09. The molecule has 0 spiro atoms. The number of hydrazine groups is 1. The van der Waals surface area contributed by atoms with E-state index in [-0.39, 0.29) is 17.3 Å². The Morgan fingerprint density at radius 3 is 2.46 bits per heavy atom. The standard InChI is InChI=1S/C15H25N5O3S2.ClH/c16-25(21,22)14-3-1-13(2-4-14)5-6-17-15(24)19-18-7-8-20-9-11-23-12-10-20;/h1-4,18H,5-12H2,(H2,16,21,22)(H2,17,19,24);1H. The predicted octanol–water partition coefficient (Wildman–Crippen LogP) is -0.401. The smallest absolute Gasteiger partial charge is 0.238 e. The van der Waals surface area contributed by atoms with E-state index in [0.29, 0.717) is 11.7 Å². The van der Waals surface area contributed by atoms with Crippen LogP contribution in [0.2, 0.25) is 0 Å². The topological polar surface area (TPSA) is 109 Å². The lowest BCUT2D eigenvalue weighted by molar-refractivity contribution is 0.0382. The molecule has 0 saturated carbocycles. The van der Waals surface area contributed by atoms with Crippen LogP contribution >= 0.6 is 24.6 Å². The fraction of sp³-hybridized carbons (Fsp3) is 0.533. The van der Waals surface area contributed by atoms with Gasteiger partial charge in [0.2, 0.25) is 10.0 Å². The molecule has 1 aliphatic heterocycles. The number of rotatable bonds is 8. The van der Waals surface area contributed by atoms with E-state index in [9.17, 15) is 8.42 Å². The van der Waals surface area contributed by atoms with Gasteiger partial charge in [-0.05, 0) is 36.3 Å². The van der Waals surface area contributed by atoms with Crippen LogP contribution in [0.4, 0.5) is 0 Å². The number of halogens is 1. The summed E-state index contributed by atoms with van der Waals surface area (Å²) >= 11 is 5.19. The minimum absolute atomic E-state index is 0. The van der Waals surface area contributed by atoms with Gasteiger partial charge >= 0.3 is 0 Å². The minimum atomic E-state index is -3.64. The Morgan fingerprint density at radius 1 is 1.19 bits per heavy atom. The first-order valence-corrected chi connectivity index (χ1v) is 10.1. The van der Waals surface area contributed by atoms with E-state index in [1.54, 1.807) is 12.1 Å². The van der Waals surface area contributed by atoms with Gasteiger partial charge in [-0.15, -0.1) is 12.4 Å². The van der Waals surface area contributed by atoms with E-state index in [1.165, 1.54) is 12.1 Å². The summed E-state index contributed by atoms with van der Waals surface area (Å²) in [6.07, 6.45) is 0.723. The number of primary sulfonamides is 1. The number of sulfonamides is 1. The molecule has 5 N–H and O–H groups in total. The van der Waals surface area contributed by atoms with Gasteiger partial charge in [-0.2, -0.15) is 0 Å². The Kier molecular flexibility index (Phi) is 10.3. The maximum Gasteiger partial charge on any atom is 0.238 e. The van der Waals surface area contributed by atoms with Gasteiger partial charge in [0.05, 0.1) is 18.1 Å². The third-order valence-corrected chi connectivity index (χ3v) is 4.99. The molecule has 0 bridgehead atoms. The van der Waals surface area contributed by atoms with Gasteiger partial charge in [0.15, 0.2) is 5.11 Å². The molecule has 1 saturated heterocycles. The van der Waals surface area contributed by atoms with E-state index in [4.69, 9.17) is 22.1 Å². The third kappa shape index (κ3) is 8.58. The van der Waals surface area contributed by atoms with E-state index < -0.39 is 10.0 Å². The summed E-state index contributed by atoms with van der Waals surface area (Å²) in [6, 6.07) is 6.51. The molecule has 0 atom stereocenters. The highest BCUT2D eigenvalue weighted by atomic mass is 35.5. The number of nitrogens with two attached hydrogens (primary N) is 1. The lowest BCUT2D eigenvalue weighted by atomic mass is 10.1. The molecule has 1 aromatic carbocycles. The van der Waals surface area contributed by atoms with Gasteiger partial charge in [-0.25, -0.2) is 19.0 Å². The molecular formula is C15H26ClN5O3S2. The van der Waals surface area contributed by atoms with Crippen molar-refractivity contribution in [2.45, 2.75) is 11.3 Å². The summed E-state index contributed by atoms with van der Waals surface area (Å²) in [5.74, 6) is 0. The molecule has 1 fully saturated rings. The number of morpholine rings is 1. The predicted molar refractivity (Wildman–Crippen MR) is 108 cm³/mol. The first-order valence-electron chi connectivity index (χ1n) is 8.14. The average molecular weight is 424 g/mol. The lowest BCUT2D eigenvalue weighted by Gasteiger charge is -2.26. The highest BCUT2D eigenvalue weighted by Crippen LogP contribution is 2.08. The maximum absolute atomic E-state index is 11.2. The van der Waals surface area contributed by atoms with Crippen LogP contribution in [0.1, 0.15) is 5.56 Å². The summed E-state index contributed by atoms with van der Waals surface area (Å²) in [7, 11) is -3.64. The van der Waals surface area contributed by atoms with E-state index >= 15 is 0 Å². The SMILES string of the molecule is Cl.NS(=O)(=O)c1ccc(CCNC(=S)NNCCN2CCOCC2)cc1. The Bertz CT molecular complexity index is 652. The van der Waals surface area contributed by atoms with Crippen molar-refractivity contribution in [3.8, 4) is 0 Å². The van der Waals surface area contributed by atoms with Crippen LogP contribution in [-0.4, -0.2) is 64.4 Å². The summed E-state index contributed by atoms with van der Waals surface area (Å²) in [6.45, 7) is 5.90. The number of hydrogen-bond donors (Lipinski definition) is 4.